The van der Waals surface area contributed by atoms with Crippen molar-refractivity contribution < 1.29 is 9.68 Å². The highest BCUT2D eigenvalue weighted by Gasteiger charge is 2.06. The van der Waals surface area contributed by atoms with E-state index in [-0.39, 0.29) is 0 Å². The summed E-state index contributed by atoms with van der Waals surface area (Å²) < 4.78 is 0. The molecule has 0 bridgehead atoms. The van der Waals surface area contributed by atoms with E-state index in [1.54, 1.807) is 0 Å². The van der Waals surface area contributed by atoms with Crippen molar-refractivity contribution in [2.24, 2.45) is 10.3 Å². The lowest BCUT2D eigenvalue weighted by molar-refractivity contribution is 0.341. The molecule has 1 heterocycles. The predicted octanol–water partition coefficient (Wildman–Crippen LogP) is 4.62. The number of nitrogens with one attached hydrogen (secondary N) is 1. The molecule has 0 radical (unpaired) electrons. The second-order valence-corrected chi connectivity index (χ2v) is 5.45. The lowest BCUT2D eigenvalue weighted by Gasteiger charge is -2.01. The number of rotatable bonds is 6. The van der Waals surface area contributed by atoms with E-state index in [1.807, 2.05) is 86.6 Å². The molecule has 0 aliphatic carbocycles. The summed E-state index contributed by atoms with van der Waals surface area (Å²) in [6.07, 6.45) is 0. The molecule has 0 atom stereocenters. The van der Waals surface area contributed by atoms with E-state index in [2.05, 4.69) is 15.3 Å². The largest absolute Gasteiger partial charge is 0.357 e. The third-order valence-corrected chi connectivity index (χ3v) is 3.53. The summed E-state index contributed by atoms with van der Waals surface area (Å²) in [5, 5.41) is 8.29. The Balaban J connectivity index is 1.66. The number of benzene rings is 2. The van der Waals surface area contributed by atoms with Crippen molar-refractivity contribution in [2.75, 3.05) is 0 Å². The maximum absolute atomic E-state index is 5.41. The summed E-state index contributed by atoms with van der Waals surface area (Å²) in [5.41, 5.74) is 3.21. The normalized spacial score (nSPS) is 12.1. The van der Waals surface area contributed by atoms with E-state index in [0.29, 0.717) is 11.5 Å². The number of oxime groups is 2. The third kappa shape index (κ3) is 4.57. The summed E-state index contributed by atoms with van der Waals surface area (Å²) in [5.74, 6) is 1.39. The fourth-order valence-corrected chi connectivity index (χ4v) is 2.12. The molecule has 1 aromatic heterocycles. The molecule has 0 fully saturated rings. The molecule has 0 amide bonds. The number of para-hydroxylation sites is 2. The fourth-order valence-electron chi connectivity index (χ4n) is 2.12. The van der Waals surface area contributed by atoms with Crippen LogP contribution in [0.1, 0.15) is 25.2 Å². The van der Waals surface area contributed by atoms with Gasteiger partial charge in [0.1, 0.15) is 11.4 Å². The molecule has 1 N–H and O–H groups in total. The Morgan fingerprint density at radius 3 is 1.44 bits per heavy atom. The summed E-state index contributed by atoms with van der Waals surface area (Å²) >= 11 is 0. The van der Waals surface area contributed by atoms with Gasteiger partial charge >= 0.3 is 0 Å². The maximum Gasteiger partial charge on any atom is 0.157 e. The van der Waals surface area contributed by atoms with Crippen molar-refractivity contribution in [1.29, 1.82) is 0 Å². The van der Waals surface area contributed by atoms with Crippen LogP contribution < -0.4 is 9.68 Å². The molecule has 0 aliphatic rings. The van der Waals surface area contributed by atoms with Crippen LogP contribution in [0.25, 0.3) is 0 Å². The summed E-state index contributed by atoms with van der Waals surface area (Å²) in [4.78, 5) is 14.1. The molecule has 3 aromatic rings. The highest BCUT2D eigenvalue weighted by molar-refractivity contribution is 6.01. The summed E-state index contributed by atoms with van der Waals surface area (Å²) in [6.45, 7) is 3.76. The number of nitrogens with zero attached hydrogens (tertiary/aromatic N) is 2. The number of aromatic nitrogens is 1. The van der Waals surface area contributed by atoms with Gasteiger partial charge in [-0.15, -0.1) is 0 Å². The molecule has 25 heavy (non-hydrogen) atoms. The average molecular weight is 333 g/mol. The summed E-state index contributed by atoms with van der Waals surface area (Å²) in [7, 11) is 0. The molecule has 5 nitrogen and oxygen atoms in total. The Bertz CT molecular complexity index is 796. The highest BCUT2D eigenvalue weighted by Crippen LogP contribution is 2.12. The first-order valence-corrected chi connectivity index (χ1v) is 7.95. The number of hydrogen-bond acceptors (Lipinski definition) is 4. The molecule has 3 rings (SSSR count). The third-order valence-electron chi connectivity index (χ3n) is 3.53. The number of H-pyrrole nitrogens is 1. The Labute approximate surface area is 146 Å². The van der Waals surface area contributed by atoms with Gasteiger partial charge in [-0.05, 0) is 50.2 Å². The zero-order valence-corrected chi connectivity index (χ0v) is 14.1. The second kappa shape index (κ2) is 7.97. The molecular formula is C20H19N3O2. The zero-order chi connectivity index (χ0) is 17.5. The van der Waals surface area contributed by atoms with Gasteiger partial charge < -0.3 is 14.7 Å². The van der Waals surface area contributed by atoms with Crippen molar-refractivity contribution in [3.8, 4) is 11.5 Å². The SMILES string of the molecule is C/C(=N\Oc1ccccc1)c1ccc(/C(C)=N/Oc2ccccc2)[nH]1. The molecule has 2 aromatic carbocycles. The minimum atomic E-state index is 0.697. The minimum absolute atomic E-state index is 0.697. The van der Waals surface area contributed by atoms with Crippen molar-refractivity contribution in [3.05, 3.63) is 84.2 Å². The first kappa shape index (κ1) is 16.5. The lowest BCUT2D eigenvalue weighted by Crippen LogP contribution is -2.02. The smallest absolute Gasteiger partial charge is 0.157 e. The Morgan fingerprint density at radius 2 is 1.04 bits per heavy atom. The molecular weight excluding hydrogens is 314 g/mol. The topological polar surface area (TPSA) is 59.0 Å². The maximum atomic E-state index is 5.41. The molecule has 5 heteroatoms. The van der Waals surface area contributed by atoms with Gasteiger partial charge in [-0.3, -0.25) is 0 Å². The van der Waals surface area contributed by atoms with Gasteiger partial charge in [-0.2, -0.15) is 0 Å². The van der Waals surface area contributed by atoms with Gasteiger partial charge in [0.2, 0.25) is 0 Å². The van der Waals surface area contributed by atoms with Crippen LogP contribution in [-0.2, 0) is 0 Å². The zero-order valence-electron chi connectivity index (χ0n) is 14.1. The Kier molecular flexibility index (Phi) is 5.26. The molecule has 0 saturated heterocycles. The van der Waals surface area contributed by atoms with E-state index < -0.39 is 0 Å². The predicted molar refractivity (Wildman–Crippen MR) is 99.4 cm³/mol. The van der Waals surface area contributed by atoms with Gasteiger partial charge in [0.25, 0.3) is 0 Å². The Hall–Kier alpha value is -3.34. The quantitative estimate of drug-likeness (QED) is 0.528. The van der Waals surface area contributed by atoms with Crippen LogP contribution in [0.4, 0.5) is 0 Å². The first-order chi connectivity index (χ1) is 12.2. The second-order valence-electron chi connectivity index (χ2n) is 5.45. The van der Waals surface area contributed by atoms with Gasteiger partial charge in [0, 0.05) is 0 Å². The van der Waals surface area contributed by atoms with Crippen molar-refractivity contribution >= 4 is 11.4 Å². The van der Waals surface area contributed by atoms with Crippen molar-refractivity contribution in [1.82, 2.24) is 4.98 Å². The van der Waals surface area contributed by atoms with Crippen LogP contribution in [-0.4, -0.2) is 16.4 Å². The highest BCUT2D eigenvalue weighted by atomic mass is 16.6. The van der Waals surface area contributed by atoms with Gasteiger partial charge in [0.15, 0.2) is 11.5 Å². The lowest BCUT2D eigenvalue weighted by atomic mass is 10.3. The van der Waals surface area contributed by atoms with E-state index in [4.69, 9.17) is 9.68 Å². The van der Waals surface area contributed by atoms with E-state index in [0.717, 1.165) is 22.8 Å². The molecule has 0 saturated carbocycles. The van der Waals surface area contributed by atoms with Crippen LogP contribution in [0.15, 0.2) is 83.1 Å². The van der Waals surface area contributed by atoms with Crippen LogP contribution in [0.3, 0.4) is 0 Å². The standard InChI is InChI=1S/C20H19N3O2/c1-15(22-24-17-9-5-3-6-10-17)19-13-14-20(21-19)16(2)23-25-18-11-7-4-8-12-18/h3-14,21H,1-2H3/b22-15+,23-16+. The van der Waals surface area contributed by atoms with Crippen molar-refractivity contribution in [2.45, 2.75) is 13.8 Å². The number of hydrogen-bond donors (Lipinski definition) is 1. The summed E-state index contributed by atoms with van der Waals surface area (Å²) in [6, 6.07) is 22.8. The van der Waals surface area contributed by atoms with E-state index in [1.165, 1.54) is 0 Å². The first-order valence-electron chi connectivity index (χ1n) is 7.95. The van der Waals surface area contributed by atoms with Gasteiger partial charge in [-0.25, -0.2) is 0 Å². The van der Waals surface area contributed by atoms with Crippen LogP contribution in [0.5, 0.6) is 11.5 Å². The van der Waals surface area contributed by atoms with Crippen LogP contribution >= 0.6 is 0 Å². The van der Waals surface area contributed by atoms with E-state index >= 15 is 0 Å². The molecule has 0 unspecified atom stereocenters. The minimum Gasteiger partial charge on any atom is -0.357 e. The molecule has 0 spiro atoms. The Morgan fingerprint density at radius 1 is 0.640 bits per heavy atom. The van der Waals surface area contributed by atoms with Crippen LogP contribution in [0, 0.1) is 0 Å². The average Bonchev–Trinajstić information content (AvgIpc) is 3.16. The van der Waals surface area contributed by atoms with Crippen LogP contribution in [0.2, 0.25) is 0 Å². The van der Waals surface area contributed by atoms with Gasteiger partial charge in [-0.1, -0.05) is 46.7 Å². The van der Waals surface area contributed by atoms with E-state index in [9.17, 15) is 0 Å². The fraction of sp³-hybridized carbons (Fsp3) is 0.100. The van der Waals surface area contributed by atoms with Crippen molar-refractivity contribution in [3.63, 3.8) is 0 Å². The molecule has 126 valence electrons. The molecule has 0 aliphatic heterocycles. The monoisotopic (exact) mass is 333 g/mol. The van der Waals surface area contributed by atoms with Gasteiger partial charge in [0.05, 0.1) is 11.4 Å². The number of aromatic amines is 1.